The molecule has 0 bridgehead atoms. The zero-order valence-corrected chi connectivity index (χ0v) is 11.8. The van der Waals surface area contributed by atoms with Gasteiger partial charge in [-0.2, -0.15) is 0 Å². The number of aromatic nitrogens is 1. The van der Waals surface area contributed by atoms with E-state index in [1.165, 1.54) is 24.3 Å². The number of thiazole rings is 1. The van der Waals surface area contributed by atoms with E-state index in [2.05, 4.69) is 36.5 Å². The molecule has 0 spiro atoms. The zero-order valence-electron chi connectivity index (χ0n) is 11.0. The first kappa shape index (κ1) is 13.7. The highest BCUT2D eigenvalue weighted by atomic mass is 32.1. The van der Waals surface area contributed by atoms with Gasteiger partial charge in [0.2, 0.25) is 0 Å². The maximum absolute atomic E-state index is 4.42. The highest BCUT2D eigenvalue weighted by Gasteiger charge is 2.08. The predicted octanol–water partition coefficient (Wildman–Crippen LogP) is 3.76. The first-order valence-electron chi connectivity index (χ1n) is 6.09. The van der Waals surface area contributed by atoms with Crippen LogP contribution < -0.4 is 5.32 Å². The van der Waals surface area contributed by atoms with E-state index in [0.717, 1.165) is 18.8 Å². The number of nitrogens with zero attached hydrogens (tertiary/aromatic N) is 1. The summed E-state index contributed by atoms with van der Waals surface area (Å²) in [7, 11) is 0. The number of aryl methyl sites for hydroxylation is 1. The quantitative estimate of drug-likeness (QED) is 0.766. The van der Waals surface area contributed by atoms with Crippen molar-refractivity contribution in [2.45, 2.75) is 53.5 Å². The molecule has 3 heteroatoms. The van der Waals surface area contributed by atoms with Gasteiger partial charge in [-0.15, -0.1) is 11.3 Å². The highest BCUT2D eigenvalue weighted by molar-refractivity contribution is 7.09. The highest BCUT2D eigenvalue weighted by Crippen LogP contribution is 2.21. The van der Waals surface area contributed by atoms with E-state index in [4.69, 9.17) is 0 Å². The summed E-state index contributed by atoms with van der Waals surface area (Å²) in [5, 5.41) is 6.76. The molecule has 1 heterocycles. The minimum atomic E-state index is 0.479. The molecule has 1 aromatic heterocycles. The van der Waals surface area contributed by atoms with Crippen molar-refractivity contribution in [3.8, 4) is 0 Å². The minimum absolute atomic E-state index is 0.479. The Morgan fingerprint density at radius 1 is 1.31 bits per heavy atom. The fourth-order valence-corrected chi connectivity index (χ4v) is 2.33. The molecular weight excluding hydrogens is 216 g/mol. The van der Waals surface area contributed by atoms with Crippen LogP contribution in [0.3, 0.4) is 0 Å². The number of hydrogen-bond donors (Lipinski definition) is 1. The van der Waals surface area contributed by atoms with Gasteiger partial charge in [0.05, 0.1) is 0 Å². The van der Waals surface area contributed by atoms with Crippen LogP contribution in [0.5, 0.6) is 0 Å². The molecule has 0 amide bonds. The van der Waals surface area contributed by atoms with E-state index in [0.29, 0.717) is 5.41 Å². The van der Waals surface area contributed by atoms with E-state index >= 15 is 0 Å². The van der Waals surface area contributed by atoms with Crippen LogP contribution in [0.1, 0.15) is 50.7 Å². The van der Waals surface area contributed by atoms with Crippen LogP contribution >= 0.6 is 11.3 Å². The zero-order chi connectivity index (χ0) is 12.0. The summed E-state index contributed by atoms with van der Waals surface area (Å²) < 4.78 is 0. The van der Waals surface area contributed by atoms with Gasteiger partial charge in [-0.25, -0.2) is 4.98 Å². The van der Waals surface area contributed by atoms with Crippen molar-refractivity contribution in [3.05, 3.63) is 16.1 Å². The Bertz CT molecular complexity index is 299. The molecule has 0 saturated heterocycles. The molecule has 2 nitrogen and oxygen atoms in total. The normalized spacial score (nSPS) is 12.0. The monoisotopic (exact) mass is 240 g/mol. The number of unbranched alkanes of at least 4 members (excludes halogenated alkanes) is 1. The third-order valence-electron chi connectivity index (χ3n) is 2.47. The number of rotatable bonds is 6. The molecule has 1 rings (SSSR count). The molecule has 0 saturated carbocycles. The molecule has 92 valence electrons. The second-order valence-electron chi connectivity index (χ2n) is 5.58. The summed E-state index contributed by atoms with van der Waals surface area (Å²) >= 11 is 1.74. The van der Waals surface area contributed by atoms with Crippen LogP contribution in [-0.2, 0) is 6.54 Å². The molecule has 1 N–H and O–H groups in total. The first-order chi connectivity index (χ1) is 7.47. The van der Waals surface area contributed by atoms with Crippen LogP contribution in [-0.4, -0.2) is 11.5 Å². The lowest BCUT2D eigenvalue weighted by Gasteiger charge is -2.17. The molecule has 16 heavy (non-hydrogen) atoms. The van der Waals surface area contributed by atoms with Gasteiger partial charge in [0.1, 0.15) is 5.01 Å². The Morgan fingerprint density at radius 3 is 2.62 bits per heavy atom. The second-order valence-corrected chi connectivity index (χ2v) is 6.52. The van der Waals surface area contributed by atoms with Crippen molar-refractivity contribution < 1.29 is 0 Å². The lowest BCUT2D eigenvalue weighted by atomic mass is 9.90. The fraction of sp³-hybridized carbons (Fsp3) is 0.769. The second kappa shape index (κ2) is 6.36. The van der Waals surface area contributed by atoms with Crippen LogP contribution in [0.15, 0.2) is 5.38 Å². The van der Waals surface area contributed by atoms with Crippen molar-refractivity contribution in [1.29, 1.82) is 0 Å². The van der Waals surface area contributed by atoms with Crippen LogP contribution in [0.25, 0.3) is 0 Å². The summed E-state index contributed by atoms with van der Waals surface area (Å²) in [5.74, 6) is 0. The molecule has 0 aliphatic rings. The van der Waals surface area contributed by atoms with Gasteiger partial charge in [-0.1, -0.05) is 27.2 Å². The van der Waals surface area contributed by atoms with Crippen LogP contribution in [0.4, 0.5) is 0 Å². The maximum atomic E-state index is 4.42. The standard InChI is InChI=1S/C13H24N2S/c1-11-10-16-12(15-11)9-14-8-6-5-7-13(2,3)4/h10,14H,5-9H2,1-4H3. The van der Waals surface area contributed by atoms with Gasteiger partial charge >= 0.3 is 0 Å². The smallest absolute Gasteiger partial charge is 0.107 e. The van der Waals surface area contributed by atoms with Crippen LogP contribution in [0, 0.1) is 12.3 Å². The van der Waals surface area contributed by atoms with Gasteiger partial charge in [-0.3, -0.25) is 0 Å². The predicted molar refractivity (Wildman–Crippen MR) is 71.9 cm³/mol. The van der Waals surface area contributed by atoms with Crippen molar-refractivity contribution in [2.24, 2.45) is 5.41 Å². The van der Waals surface area contributed by atoms with Gasteiger partial charge in [0, 0.05) is 17.6 Å². The van der Waals surface area contributed by atoms with Gasteiger partial charge < -0.3 is 5.32 Å². The summed E-state index contributed by atoms with van der Waals surface area (Å²) in [6.45, 7) is 11.0. The lowest BCUT2D eigenvalue weighted by Crippen LogP contribution is -2.15. The average Bonchev–Trinajstić information content (AvgIpc) is 2.56. The average molecular weight is 240 g/mol. The van der Waals surface area contributed by atoms with Crippen LogP contribution in [0.2, 0.25) is 0 Å². The fourth-order valence-electron chi connectivity index (χ4n) is 1.58. The van der Waals surface area contributed by atoms with Crippen molar-refractivity contribution >= 4 is 11.3 Å². The first-order valence-corrected chi connectivity index (χ1v) is 6.97. The van der Waals surface area contributed by atoms with Gasteiger partial charge in [0.15, 0.2) is 0 Å². The Balaban J connectivity index is 2.00. The van der Waals surface area contributed by atoms with E-state index in [1.807, 2.05) is 6.92 Å². The van der Waals surface area contributed by atoms with Crippen molar-refractivity contribution in [3.63, 3.8) is 0 Å². The molecule has 0 unspecified atom stereocenters. The Kier molecular flexibility index (Phi) is 5.42. The molecule has 1 aromatic rings. The molecule has 0 aliphatic carbocycles. The molecule has 0 radical (unpaired) electrons. The Morgan fingerprint density at radius 2 is 2.06 bits per heavy atom. The summed E-state index contributed by atoms with van der Waals surface area (Å²) in [5.41, 5.74) is 1.61. The van der Waals surface area contributed by atoms with Gasteiger partial charge in [-0.05, 0) is 31.7 Å². The summed E-state index contributed by atoms with van der Waals surface area (Å²) in [6, 6.07) is 0. The Hall–Kier alpha value is -0.410. The lowest BCUT2D eigenvalue weighted by molar-refractivity contribution is 0.358. The molecule has 0 aromatic carbocycles. The number of nitrogens with one attached hydrogen (secondary N) is 1. The largest absolute Gasteiger partial charge is 0.310 e. The summed E-state index contributed by atoms with van der Waals surface area (Å²) in [4.78, 5) is 4.42. The molecular formula is C13H24N2S. The van der Waals surface area contributed by atoms with E-state index < -0.39 is 0 Å². The van der Waals surface area contributed by atoms with E-state index in [1.54, 1.807) is 11.3 Å². The molecule has 0 atom stereocenters. The van der Waals surface area contributed by atoms with Crippen molar-refractivity contribution in [2.75, 3.05) is 6.54 Å². The SMILES string of the molecule is Cc1csc(CNCCCCC(C)(C)C)n1. The molecule has 0 aliphatic heterocycles. The summed E-state index contributed by atoms with van der Waals surface area (Å²) in [6.07, 6.45) is 3.89. The van der Waals surface area contributed by atoms with E-state index in [-0.39, 0.29) is 0 Å². The van der Waals surface area contributed by atoms with Crippen molar-refractivity contribution in [1.82, 2.24) is 10.3 Å². The topological polar surface area (TPSA) is 24.9 Å². The molecule has 0 fully saturated rings. The van der Waals surface area contributed by atoms with Gasteiger partial charge in [0.25, 0.3) is 0 Å². The third kappa shape index (κ3) is 6.23. The maximum Gasteiger partial charge on any atom is 0.107 e. The van der Waals surface area contributed by atoms with E-state index in [9.17, 15) is 0 Å². The minimum Gasteiger partial charge on any atom is -0.310 e. The Labute approximate surface area is 103 Å². The number of hydrogen-bond acceptors (Lipinski definition) is 3. The third-order valence-corrected chi connectivity index (χ3v) is 3.44.